The average Bonchev–Trinajstić information content (AvgIpc) is 2.42. The van der Waals surface area contributed by atoms with E-state index in [-0.39, 0.29) is 0 Å². The maximum Gasteiger partial charge on any atom is -0.0236 e. The quantitative estimate of drug-likeness (QED) is 0.332. The van der Waals surface area contributed by atoms with Gasteiger partial charge in [-0.2, -0.15) is 0 Å². The van der Waals surface area contributed by atoms with Crippen molar-refractivity contribution < 1.29 is 0 Å². The van der Waals surface area contributed by atoms with Crippen molar-refractivity contribution >= 4 is 0 Å². The minimum Gasteiger partial charge on any atom is -0.103 e. The molecule has 0 unspecified atom stereocenters. The van der Waals surface area contributed by atoms with Crippen LogP contribution in [0.4, 0.5) is 0 Å². The Labute approximate surface area is 115 Å². The molecule has 0 N–H and O–H groups in total. The van der Waals surface area contributed by atoms with Crippen LogP contribution in [0.1, 0.15) is 77.6 Å². The fourth-order valence-electron chi connectivity index (χ4n) is 2.97. The Balaban J connectivity index is 1.94. The lowest BCUT2D eigenvalue weighted by atomic mass is 9.80. The first-order valence-corrected chi connectivity index (χ1v) is 8.14. The highest BCUT2D eigenvalue weighted by molar-refractivity contribution is 4.86. The summed E-state index contributed by atoms with van der Waals surface area (Å²) in [6, 6.07) is 0. The van der Waals surface area contributed by atoms with E-state index in [0.29, 0.717) is 0 Å². The second-order valence-electron chi connectivity index (χ2n) is 5.91. The Bertz CT molecular complexity index is 218. The molecule has 0 saturated heterocycles. The van der Waals surface area contributed by atoms with Crippen molar-refractivity contribution in [1.29, 1.82) is 0 Å². The van der Waals surface area contributed by atoms with Gasteiger partial charge in [-0.05, 0) is 63.2 Å². The molecule has 0 aromatic rings. The molecule has 0 radical (unpaired) electrons. The molecule has 18 heavy (non-hydrogen) atoms. The molecule has 0 heteroatoms. The third-order valence-electron chi connectivity index (χ3n) is 4.36. The van der Waals surface area contributed by atoms with Gasteiger partial charge < -0.3 is 0 Å². The Morgan fingerprint density at radius 1 is 0.944 bits per heavy atom. The van der Waals surface area contributed by atoms with E-state index in [2.05, 4.69) is 31.7 Å². The largest absolute Gasteiger partial charge is 0.103 e. The zero-order valence-electron chi connectivity index (χ0n) is 12.4. The Morgan fingerprint density at radius 3 is 2.33 bits per heavy atom. The summed E-state index contributed by atoms with van der Waals surface area (Å²) in [5.41, 5.74) is 0. The summed E-state index contributed by atoms with van der Waals surface area (Å²) in [6.45, 7) is 6.19. The van der Waals surface area contributed by atoms with Crippen LogP contribution < -0.4 is 0 Å². The normalized spacial score (nSPS) is 24.5. The molecule has 0 atom stereocenters. The van der Waals surface area contributed by atoms with Crippen LogP contribution >= 0.6 is 0 Å². The second-order valence-corrected chi connectivity index (χ2v) is 5.91. The van der Waals surface area contributed by atoms with Crippen LogP contribution in [0.15, 0.2) is 24.8 Å². The van der Waals surface area contributed by atoms with Crippen LogP contribution in [-0.4, -0.2) is 0 Å². The Kier molecular flexibility index (Phi) is 8.98. The molecule has 0 aliphatic heterocycles. The zero-order chi connectivity index (χ0) is 13.1. The van der Waals surface area contributed by atoms with E-state index in [1.165, 1.54) is 70.6 Å². The summed E-state index contributed by atoms with van der Waals surface area (Å²) >= 11 is 0. The van der Waals surface area contributed by atoms with Crippen LogP contribution in [-0.2, 0) is 0 Å². The molecule has 1 saturated carbocycles. The van der Waals surface area contributed by atoms with Crippen LogP contribution in [0.2, 0.25) is 0 Å². The van der Waals surface area contributed by atoms with Crippen molar-refractivity contribution in [2.45, 2.75) is 77.6 Å². The minimum atomic E-state index is 0.815. The lowest BCUT2D eigenvalue weighted by molar-refractivity contribution is 0.297. The third kappa shape index (κ3) is 7.03. The van der Waals surface area contributed by atoms with E-state index in [1.807, 2.05) is 0 Å². The molecule has 0 aromatic carbocycles. The monoisotopic (exact) mass is 248 g/mol. The van der Waals surface area contributed by atoms with Crippen LogP contribution in [0, 0.1) is 11.8 Å². The molecule has 1 rings (SSSR count). The van der Waals surface area contributed by atoms with Crippen LogP contribution in [0.25, 0.3) is 0 Å². The van der Waals surface area contributed by atoms with Gasteiger partial charge in [0.1, 0.15) is 0 Å². The molecule has 1 aliphatic carbocycles. The fourth-order valence-corrected chi connectivity index (χ4v) is 2.97. The molecule has 0 bridgehead atoms. The fraction of sp³-hybridized carbons (Fsp3) is 0.778. The standard InChI is InChI=1S/C18H32/c1-3-5-6-7-8-9-10-11-12-18-15-13-17(4-2)14-16-18/h4,9-10,17-18H,2-3,5-8,11-16H2,1H3. The molecule has 0 nitrogen and oxygen atoms in total. The second kappa shape index (κ2) is 10.4. The summed E-state index contributed by atoms with van der Waals surface area (Å²) < 4.78 is 0. The van der Waals surface area contributed by atoms with Gasteiger partial charge in [0.2, 0.25) is 0 Å². The third-order valence-corrected chi connectivity index (χ3v) is 4.36. The number of rotatable bonds is 9. The molecule has 0 aromatic heterocycles. The van der Waals surface area contributed by atoms with Gasteiger partial charge in [0.15, 0.2) is 0 Å². The van der Waals surface area contributed by atoms with Crippen molar-refractivity contribution in [3.8, 4) is 0 Å². The van der Waals surface area contributed by atoms with Gasteiger partial charge in [0.25, 0.3) is 0 Å². The predicted octanol–water partition coefficient (Wildman–Crippen LogP) is 6.29. The predicted molar refractivity (Wildman–Crippen MR) is 82.8 cm³/mol. The minimum absolute atomic E-state index is 0.815. The molecule has 1 fully saturated rings. The van der Waals surface area contributed by atoms with Gasteiger partial charge in [-0.15, -0.1) is 6.58 Å². The Morgan fingerprint density at radius 2 is 1.67 bits per heavy atom. The summed E-state index contributed by atoms with van der Waals surface area (Å²) in [7, 11) is 0. The molecular weight excluding hydrogens is 216 g/mol. The molecule has 104 valence electrons. The SMILES string of the molecule is C=CC1CCC(CCC=CCCCCCC)CC1. The lowest BCUT2D eigenvalue weighted by Gasteiger charge is -2.26. The van der Waals surface area contributed by atoms with Gasteiger partial charge in [-0.3, -0.25) is 0 Å². The van der Waals surface area contributed by atoms with Crippen molar-refractivity contribution in [2.75, 3.05) is 0 Å². The van der Waals surface area contributed by atoms with E-state index in [4.69, 9.17) is 0 Å². The first kappa shape index (κ1) is 15.5. The number of hydrogen-bond acceptors (Lipinski definition) is 0. The summed E-state index contributed by atoms with van der Waals surface area (Å²) in [6.07, 6.45) is 22.2. The van der Waals surface area contributed by atoms with Crippen LogP contribution in [0.3, 0.4) is 0 Å². The first-order chi connectivity index (χ1) is 8.86. The van der Waals surface area contributed by atoms with E-state index in [0.717, 1.165) is 11.8 Å². The van der Waals surface area contributed by atoms with Crippen molar-refractivity contribution in [2.24, 2.45) is 11.8 Å². The number of unbranched alkanes of at least 4 members (excludes halogenated alkanes) is 4. The number of hydrogen-bond donors (Lipinski definition) is 0. The van der Waals surface area contributed by atoms with E-state index in [1.54, 1.807) is 0 Å². The highest BCUT2D eigenvalue weighted by Gasteiger charge is 2.17. The van der Waals surface area contributed by atoms with Crippen molar-refractivity contribution in [3.05, 3.63) is 24.8 Å². The maximum atomic E-state index is 3.92. The highest BCUT2D eigenvalue weighted by atomic mass is 14.2. The summed E-state index contributed by atoms with van der Waals surface area (Å²) in [5.74, 6) is 1.81. The molecular formula is C18H32. The smallest absolute Gasteiger partial charge is 0.0236 e. The van der Waals surface area contributed by atoms with E-state index < -0.39 is 0 Å². The average molecular weight is 248 g/mol. The topological polar surface area (TPSA) is 0 Å². The van der Waals surface area contributed by atoms with Crippen molar-refractivity contribution in [1.82, 2.24) is 0 Å². The zero-order valence-corrected chi connectivity index (χ0v) is 12.4. The maximum absolute atomic E-state index is 3.92. The number of allylic oxidation sites excluding steroid dienone is 3. The highest BCUT2D eigenvalue weighted by Crippen LogP contribution is 2.31. The summed E-state index contributed by atoms with van der Waals surface area (Å²) in [5, 5.41) is 0. The molecule has 0 heterocycles. The van der Waals surface area contributed by atoms with Crippen LogP contribution in [0.5, 0.6) is 0 Å². The first-order valence-electron chi connectivity index (χ1n) is 8.14. The molecule has 0 spiro atoms. The summed E-state index contributed by atoms with van der Waals surface area (Å²) in [4.78, 5) is 0. The lowest BCUT2D eigenvalue weighted by Crippen LogP contribution is -2.12. The molecule has 1 aliphatic rings. The van der Waals surface area contributed by atoms with Gasteiger partial charge in [-0.25, -0.2) is 0 Å². The van der Waals surface area contributed by atoms with Gasteiger partial charge >= 0.3 is 0 Å². The van der Waals surface area contributed by atoms with E-state index >= 15 is 0 Å². The van der Waals surface area contributed by atoms with Gasteiger partial charge in [0.05, 0.1) is 0 Å². The van der Waals surface area contributed by atoms with Crippen molar-refractivity contribution in [3.63, 3.8) is 0 Å². The van der Waals surface area contributed by atoms with Gasteiger partial charge in [0, 0.05) is 0 Å². The molecule has 0 amide bonds. The van der Waals surface area contributed by atoms with E-state index in [9.17, 15) is 0 Å². The Hall–Kier alpha value is -0.520. The van der Waals surface area contributed by atoms with Gasteiger partial charge in [-0.1, -0.05) is 44.4 Å².